The third kappa shape index (κ3) is 22.3. The van der Waals surface area contributed by atoms with Crippen molar-refractivity contribution in [1.29, 1.82) is 0 Å². The van der Waals surface area contributed by atoms with E-state index in [-0.39, 0.29) is 38.0 Å². The number of H-pyrrole nitrogens is 2. The number of benzene rings is 1. The molecule has 80 heavy (non-hydrogen) atoms. The first-order chi connectivity index (χ1) is 37.9. The maximum absolute atomic E-state index is 14.2. The van der Waals surface area contributed by atoms with E-state index in [1.165, 1.54) is 31.2 Å². The summed E-state index contributed by atoms with van der Waals surface area (Å²) in [6.07, 6.45) is 5.63. The Balaban J connectivity index is 1.76. The number of aromatic amines is 2. The highest BCUT2D eigenvalue weighted by molar-refractivity contribution is 7.98. The predicted octanol–water partition coefficient (Wildman–Crippen LogP) is -5.04. The van der Waals surface area contributed by atoms with Crippen LogP contribution in [0.4, 0.5) is 0 Å². The second-order valence-electron chi connectivity index (χ2n) is 19.5. The SMILES string of the molecule is CSCC[C@H](NC(=O)[C@H](CC(C)C)NC(=O)[C@H](Cc1cnc[nH]1)NC(=O)CNC(=O)[C@@H](NC(=O)[C@H](C)NC(=O)[C@H](Cc1c[nH]c2ccccc12)NC(=O)[C@H](CCC(N)=O)NC(=O)CNC(=O)[C@H](CO)NC(=O)CN)C(C)C)C(N)=O. The minimum absolute atomic E-state index is 0.0945. The minimum Gasteiger partial charge on any atom is -0.394 e. The number of para-hydroxylation sites is 1. The van der Waals surface area contributed by atoms with Crippen LogP contribution in [0.3, 0.4) is 0 Å². The van der Waals surface area contributed by atoms with Gasteiger partial charge in [-0.2, -0.15) is 11.8 Å². The van der Waals surface area contributed by atoms with Crippen molar-refractivity contribution < 1.29 is 62.6 Å². The van der Waals surface area contributed by atoms with E-state index in [0.717, 1.165) is 0 Å². The fraction of sp³-hybridized carbons (Fsp3) is 0.540. The van der Waals surface area contributed by atoms with E-state index < -0.39 is 158 Å². The summed E-state index contributed by atoms with van der Waals surface area (Å²) < 4.78 is 0. The first kappa shape index (κ1) is 66.2. The van der Waals surface area contributed by atoms with Gasteiger partial charge in [-0.1, -0.05) is 45.9 Å². The van der Waals surface area contributed by atoms with Gasteiger partial charge in [-0.25, -0.2) is 4.98 Å². The molecule has 29 nitrogen and oxygen atoms in total. The summed E-state index contributed by atoms with van der Waals surface area (Å²) in [4.78, 5) is 167. The Labute approximate surface area is 465 Å². The number of imidazole rings is 1. The monoisotopic (exact) mass is 1140 g/mol. The van der Waals surface area contributed by atoms with Crippen LogP contribution in [0, 0.1) is 11.8 Å². The molecule has 30 heteroatoms. The Morgan fingerprint density at radius 3 is 1.79 bits per heavy atom. The van der Waals surface area contributed by atoms with Gasteiger partial charge in [0.15, 0.2) is 0 Å². The summed E-state index contributed by atoms with van der Waals surface area (Å²) in [7, 11) is 0. The van der Waals surface area contributed by atoms with E-state index in [9.17, 15) is 62.6 Å². The lowest BCUT2D eigenvalue weighted by atomic mass is 10.0. The molecule has 0 aliphatic carbocycles. The number of amides is 12. The number of thioether (sulfide) groups is 1. The molecular weight excluding hydrogens is 1060 g/mol. The van der Waals surface area contributed by atoms with Crippen molar-refractivity contribution in [2.75, 3.05) is 38.2 Å². The fourth-order valence-electron chi connectivity index (χ4n) is 7.85. The first-order valence-corrected chi connectivity index (χ1v) is 27.1. The number of fused-ring (bicyclic) bond motifs is 1. The number of aliphatic hydroxyl groups excluding tert-OH is 1. The molecule has 3 rings (SSSR count). The molecule has 0 saturated carbocycles. The third-order valence-corrected chi connectivity index (χ3v) is 12.8. The molecular formula is C50H76N16O13S. The second-order valence-corrected chi connectivity index (χ2v) is 20.5. The molecule has 3 aromatic rings. The number of carbonyl (C=O) groups is 12. The molecule has 12 amide bonds. The molecule has 2 heterocycles. The van der Waals surface area contributed by atoms with Gasteiger partial charge in [0.25, 0.3) is 0 Å². The molecule has 0 radical (unpaired) electrons. The first-order valence-electron chi connectivity index (χ1n) is 25.7. The van der Waals surface area contributed by atoms with E-state index >= 15 is 0 Å². The summed E-state index contributed by atoms with van der Waals surface area (Å²) in [6, 6.07) is -3.41. The quantitative estimate of drug-likeness (QED) is 0.0262. The van der Waals surface area contributed by atoms with Gasteiger partial charge in [0.1, 0.15) is 48.3 Å². The van der Waals surface area contributed by atoms with Crippen LogP contribution in [-0.4, -0.2) is 178 Å². The molecule has 0 unspecified atom stereocenters. The molecule has 440 valence electrons. The van der Waals surface area contributed by atoms with Crippen LogP contribution in [-0.2, 0) is 70.4 Å². The molecule has 0 spiro atoms. The van der Waals surface area contributed by atoms with Gasteiger partial charge in [-0.3, -0.25) is 57.5 Å². The van der Waals surface area contributed by atoms with Gasteiger partial charge in [0, 0.05) is 48.3 Å². The highest BCUT2D eigenvalue weighted by atomic mass is 32.2. The number of aliphatic hydroxyl groups is 1. The van der Waals surface area contributed by atoms with Crippen LogP contribution in [0.2, 0.25) is 0 Å². The van der Waals surface area contributed by atoms with Gasteiger partial charge in [-0.05, 0) is 61.7 Å². The Morgan fingerprint density at radius 2 is 1.20 bits per heavy atom. The number of primary amides is 2. The zero-order chi connectivity index (χ0) is 59.6. The fourth-order valence-corrected chi connectivity index (χ4v) is 8.32. The molecule has 0 fully saturated rings. The van der Waals surface area contributed by atoms with Crippen molar-refractivity contribution in [3.8, 4) is 0 Å². The molecule has 2 aromatic heterocycles. The second kappa shape index (κ2) is 33.3. The van der Waals surface area contributed by atoms with Gasteiger partial charge in [0.05, 0.1) is 32.6 Å². The van der Waals surface area contributed by atoms with Crippen molar-refractivity contribution >= 4 is 93.6 Å². The number of nitrogens with zero attached hydrogens (tertiary/aromatic N) is 1. The van der Waals surface area contributed by atoms with Gasteiger partial charge in [-0.15, -0.1) is 0 Å². The lowest BCUT2D eigenvalue weighted by molar-refractivity contribution is -0.135. The number of rotatable bonds is 35. The van der Waals surface area contributed by atoms with Crippen molar-refractivity contribution in [2.45, 2.75) is 121 Å². The van der Waals surface area contributed by atoms with Crippen molar-refractivity contribution in [2.24, 2.45) is 29.0 Å². The number of hydrogen-bond acceptors (Lipinski definition) is 16. The lowest BCUT2D eigenvalue weighted by Gasteiger charge is -2.26. The smallest absolute Gasteiger partial charge is 0.245 e. The molecule has 0 aliphatic heterocycles. The van der Waals surface area contributed by atoms with Crippen LogP contribution < -0.4 is 70.4 Å². The van der Waals surface area contributed by atoms with Crippen LogP contribution in [0.1, 0.15) is 71.6 Å². The Kier molecular flexibility index (Phi) is 27.6. The number of hydrogen-bond donors (Lipinski definition) is 16. The molecule has 0 aliphatic rings. The number of nitrogens with two attached hydrogens (primary N) is 3. The van der Waals surface area contributed by atoms with Crippen LogP contribution in [0.15, 0.2) is 43.0 Å². The number of carbonyl (C=O) groups excluding carboxylic acids is 12. The zero-order valence-corrected chi connectivity index (χ0v) is 46.3. The predicted molar refractivity (Wildman–Crippen MR) is 292 cm³/mol. The number of aromatic nitrogens is 3. The maximum atomic E-state index is 14.2. The maximum Gasteiger partial charge on any atom is 0.245 e. The van der Waals surface area contributed by atoms with Gasteiger partial charge in [0.2, 0.25) is 70.9 Å². The summed E-state index contributed by atoms with van der Waals surface area (Å²) in [5, 5.41) is 35.0. The lowest BCUT2D eigenvalue weighted by Crippen LogP contribution is -2.59. The minimum atomic E-state index is -1.51. The van der Waals surface area contributed by atoms with E-state index in [0.29, 0.717) is 27.9 Å². The highest BCUT2D eigenvalue weighted by Crippen LogP contribution is 2.20. The highest BCUT2D eigenvalue weighted by Gasteiger charge is 2.34. The standard InChI is InChI=1S/C50H76N16O13S/c1-25(2)15-34(48(77)63-32(43(53)72)13-14-80-6)64-49(78)36(17-29-20-54-24-58-29)61-41(71)22-57-50(79)42(26(3)4)66-44(73)27(5)59-47(76)35(16-28-19-55-31-10-8-7-9-30(28)31)65-46(75)33(11-12-38(52)68)60-40(70)21-56-45(74)37(23-67)62-39(69)18-51/h7-10,19-20,24-27,32-37,42,55,67H,11-18,21-23,51H2,1-6H3,(H2,52,68)(H2,53,72)(H,54,58)(H,56,74)(H,57,79)(H,59,76)(H,60,70)(H,61,71)(H,62,69)(H,63,77)(H,64,78)(H,65,75)(H,66,73)/t27-,32-,33-,34-,35-,36-,37-,42-/m0/s1. The Morgan fingerprint density at radius 1 is 0.625 bits per heavy atom. The van der Waals surface area contributed by atoms with E-state index in [1.807, 2.05) is 20.1 Å². The van der Waals surface area contributed by atoms with Crippen molar-refractivity contribution in [3.63, 3.8) is 0 Å². The van der Waals surface area contributed by atoms with E-state index in [2.05, 4.69) is 68.1 Å². The summed E-state index contributed by atoms with van der Waals surface area (Å²) in [5.74, 6) is -10.1. The van der Waals surface area contributed by atoms with Gasteiger partial charge < -0.3 is 85.4 Å². The average molecular weight is 1140 g/mol. The molecule has 8 atom stereocenters. The van der Waals surface area contributed by atoms with Crippen molar-refractivity contribution in [1.82, 2.24) is 68.1 Å². The Bertz CT molecular complexity index is 2630. The number of nitrogens with one attached hydrogen (secondary N) is 12. The van der Waals surface area contributed by atoms with Gasteiger partial charge >= 0.3 is 0 Å². The average Bonchev–Trinajstić information content (AvgIpc) is 4.09. The largest absolute Gasteiger partial charge is 0.394 e. The van der Waals surface area contributed by atoms with Crippen LogP contribution >= 0.6 is 11.8 Å². The zero-order valence-electron chi connectivity index (χ0n) is 45.5. The van der Waals surface area contributed by atoms with Crippen LogP contribution in [0.25, 0.3) is 10.9 Å². The summed E-state index contributed by atoms with van der Waals surface area (Å²) in [6.45, 7) is 5.46. The molecule has 1 aromatic carbocycles. The van der Waals surface area contributed by atoms with Crippen LogP contribution in [0.5, 0.6) is 0 Å². The summed E-state index contributed by atoms with van der Waals surface area (Å²) >= 11 is 1.46. The van der Waals surface area contributed by atoms with E-state index in [4.69, 9.17) is 17.2 Å². The van der Waals surface area contributed by atoms with Crippen molar-refractivity contribution in [3.05, 3.63) is 54.2 Å². The molecule has 0 bridgehead atoms. The Hall–Kier alpha value is -8.12. The normalized spacial score (nSPS) is 14.1. The summed E-state index contributed by atoms with van der Waals surface area (Å²) in [5.41, 5.74) is 17.8. The molecule has 0 saturated heterocycles. The topological polar surface area (TPSA) is 468 Å². The third-order valence-electron chi connectivity index (χ3n) is 12.2. The van der Waals surface area contributed by atoms with E-state index in [1.54, 1.807) is 44.3 Å². The molecule has 19 N–H and O–H groups in total.